The number of hydrogen-bond acceptors (Lipinski definition) is 7. The van der Waals surface area contributed by atoms with Crippen molar-refractivity contribution in [1.82, 2.24) is 29.2 Å². The van der Waals surface area contributed by atoms with E-state index < -0.39 is 0 Å². The van der Waals surface area contributed by atoms with Gasteiger partial charge in [-0.05, 0) is 57.3 Å². The molecule has 0 aliphatic heterocycles. The van der Waals surface area contributed by atoms with Crippen LogP contribution < -0.4 is 11.1 Å². The molecule has 0 aliphatic carbocycles. The third-order valence-electron chi connectivity index (χ3n) is 6.67. The highest BCUT2D eigenvalue weighted by Crippen LogP contribution is 2.31. The summed E-state index contributed by atoms with van der Waals surface area (Å²) in [6.45, 7) is 4.70. The van der Waals surface area contributed by atoms with Crippen molar-refractivity contribution < 1.29 is 9.59 Å². The molecule has 3 heterocycles. The molecule has 10 nitrogen and oxygen atoms in total. The second kappa shape index (κ2) is 12.5. The van der Waals surface area contributed by atoms with Gasteiger partial charge in [-0.15, -0.1) is 0 Å². The summed E-state index contributed by atoms with van der Waals surface area (Å²) in [6.07, 6.45) is 10.4. The summed E-state index contributed by atoms with van der Waals surface area (Å²) in [6, 6.07) is 10.6. The van der Waals surface area contributed by atoms with E-state index in [1.165, 1.54) is 0 Å². The van der Waals surface area contributed by atoms with Crippen LogP contribution in [0.1, 0.15) is 48.1 Å². The predicted molar refractivity (Wildman–Crippen MR) is 158 cm³/mol. The molecule has 10 heteroatoms. The van der Waals surface area contributed by atoms with Gasteiger partial charge in [0.25, 0.3) is 5.91 Å². The zero-order chi connectivity index (χ0) is 28.8. The highest BCUT2D eigenvalue weighted by atomic mass is 16.2. The molecule has 0 aliphatic rings. The van der Waals surface area contributed by atoms with E-state index in [4.69, 9.17) is 10.7 Å². The first-order chi connectivity index (χ1) is 19.2. The van der Waals surface area contributed by atoms with Crippen LogP contribution in [0.25, 0.3) is 16.8 Å². The van der Waals surface area contributed by atoms with E-state index in [0.29, 0.717) is 40.8 Å². The molecular formula is C30H36N8O2. The number of imidazole rings is 1. The Balaban J connectivity index is 1.60. The molecule has 208 valence electrons. The maximum atomic E-state index is 12.9. The summed E-state index contributed by atoms with van der Waals surface area (Å²) < 4.78 is 1.87. The standard InChI is InChI=1S/C30H36N8O2/c1-6-8-21-14-15-32-24(19-21)34-30(40)23-12-10-22(11-13-23)26-27-28(31)33-16-18-38(27)29(35-26)20(2)37(5)25(39)9-7-17-36(3)4/h7,9-16,18-20H,6,8,17H2,1-5H3,(H2,31,33)(H,32,34,40)/b9-7+. The van der Waals surface area contributed by atoms with Crippen LogP contribution in [0.5, 0.6) is 0 Å². The number of nitrogens with zero attached hydrogens (tertiary/aromatic N) is 6. The lowest BCUT2D eigenvalue weighted by Crippen LogP contribution is -2.29. The number of nitrogens with two attached hydrogens (primary N) is 1. The van der Waals surface area contributed by atoms with E-state index in [0.717, 1.165) is 24.0 Å². The molecule has 0 bridgehead atoms. The van der Waals surface area contributed by atoms with Crippen LogP contribution in [0.4, 0.5) is 11.6 Å². The van der Waals surface area contributed by atoms with Gasteiger partial charge in [-0.3, -0.25) is 14.0 Å². The van der Waals surface area contributed by atoms with Crippen LogP contribution in [-0.4, -0.2) is 68.7 Å². The number of carbonyl (C=O) groups excluding carboxylic acids is 2. The summed E-state index contributed by atoms with van der Waals surface area (Å²) in [5.74, 6) is 1.12. The highest BCUT2D eigenvalue weighted by molar-refractivity contribution is 6.04. The minimum Gasteiger partial charge on any atom is -0.382 e. The number of benzene rings is 1. The summed E-state index contributed by atoms with van der Waals surface area (Å²) in [5, 5.41) is 2.87. The van der Waals surface area contributed by atoms with Gasteiger partial charge in [0.2, 0.25) is 5.91 Å². The molecule has 40 heavy (non-hydrogen) atoms. The van der Waals surface area contributed by atoms with Gasteiger partial charge in [-0.2, -0.15) is 0 Å². The number of pyridine rings is 1. The number of likely N-dealkylation sites (N-methyl/N-ethyl adjacent to an activating group) is 2. The van der Waals surface area contributed by atoms with E-state index in [2.05, 4.69) is 22.2 Å². The highest BCUT2D eigenvalue weighted by Gasteiger charge is 2.24. The summed E-state index contributed by atoms with van der Waals surface area (Å²) >= 11 is 0. The number of amides is 2. The first-order valence-corrected chi connectivity index (χ1v) is 13.3. The SMILES string of the molecule is CCCc1ccnc(NC(=O)c2ccc(-c3nc(C(C)N(C)C(=O)/C=C/CN(C)C)n4ccnc(N)c34)cc2)c1. The van der Waals surface area contributed by atoms with Crippen molar-refractivity contribution in [2.24, 2.45) is 0 Å². The third-order valence-corrected chi connectivity index (χ3v) is 6.67. The number of aromatic nitrogens is 4. The summed E-state index contributed by atoms with van der Waals surface area (Å²) in [5.41, 5.74) is 9.95. The first-order valence-electron chi connectivity index (χ1n) is 13.3. The summed E-state index contributed by atoms with van der Waals surface area (Å²) in [4.78, 5) is 42.8. The second-order valence-corrected chi connectivity index (χ2v) is 9.97. The second-order valence-electron chi connectivity index (χ2n) is 9.97. The van der Waals surface area contributed by atoms with Crippen molar-refractivity contribution in [3.05, 3.63) is 84.1 Å². The smallest absolute Gasteiger partial charge is 0.256 e. The van der Waals surface area contributed by atoms with Gasteiger partial charge in [0, 0.05) is 49.4 Å². The Morgan fingerprint density at radius 2 is 1.85 bits per heavy atom. The van der Waals surface area contributed by atoms with Gasteiger partial charge in [0.05, 0.1) is 6.04 Å². The van der Waals surface area contributed by atoms with Crippen LogP contribution in [-0.2, 0) is 11.2 Å². The van der Waals surface area contributed by atoms with E-state index >= 15 is 0 Å². The van der Waals surface area contributed by atoms with E-state index in [1.807, 2.05) is 60.7 Å². The van der Waals surface area contributed by atoms with Crippen molar-refractivity contribution in [2.75, 3.05) is 38.7 Å². The Kier molecular flexibility index (Phi) is 8.90. The molecule has 3 aromatic heterocycles. The van der Waals surface area contributed by atoms with Gasteiger partial charge in [0.15, 0.2) is 0 Å². The van der Waals surface area contributed by atoms with E-state index in [-0.39, 0.29) is 17.9 Å². The maximum Gasteiger partial charge on any atom is 0.256 e. The number of fused-ring (bicyclic) bond motifs is 1. The Labute approximate surface area is 234 Å². The zero-order valence-electron chi connectivity index (χ0n) is 23.6. The van der Waals surface area contributed by atoms with Crippen molar-refractivity contribution >= 4 is 29.0 Å². The molecule has 0 fully saturated rings. The number of nitrogen functional groups attached to an aromatic ring is 1. The molecule has 1 unspecified atom stereocenters. The maximum absolute atomic E-state index is 12.9. The van der Waals surface area contributed by atoms with Crippen molar-refractivity contribution in [3.8, 4) is 11.3 Å². The average molecular weight is 541 g/mol. The molecule has 2 amide bonds. The molecule has 0 spiro atoms. The lowest BCUT2D eigenvalue weighted by molar-refractivity contribution is -0.126. The molecule has 1 aromatic carbocycles. The quantitative estimate of drug-likeness (QED) is 0.289. The van der Waals surface area contributed by atoms with E-state index in [9.17, 15) is 9.59 Å². The minimum atomic E-state index is -0.347. The number of nitrogens with one attached hydrogen (secondary N) is 1. The van der Waals surface area contributed by atoms with E-state index in [1.54, 1.807) is 48.7 Å². The number of anilines is 2. The molecule has 4 rings (SSSR count). The monoisotopic (exact) mass is 540 g/mol. The Morgan fingerprint density at radius 3 is 2.55 bits per heavy atom. The molecule has 1 atom stereocenters. The minimum absolute atomic E-state index is 0.125. The van der Waals surface area contributed by atoms with Crippen molar-refractivity contribution in [1.29, 1.82) is 0 Å². The molecule has 0 saturated carbocycles. The Morgan fingerprint density at radius 1 is 1.10 bits per heavy atom. The average Bonchev–Trinajstić information content (AvgIpc) is 3.33. The Bertz CT molecular complexity index is 1520. The van der Waals surface area contributed by atoms with Crippen LogP contribution in [0, 0.1) is 0 Å². The van der Waals surface area contributed by atoms with Gasteiger partial charge < -0.3 is 20.9 Å². The topological polar surface area (TPSA) is 122 Å². The summed E-state index contributed by atoms with van der Waals surface area (Å²) in [7, 11) is 5.64. The normalized spacial score (nSPS) is 12.2. The fourth-order valence-corrected chi connectivity index (χ4v) is 4.38. The molecule has 3 N–H and O–H groups in total. The zero-order valence-corrected chi connectivity index (χ0v) is 23.6. The van der Waals surface area contributed by atoms with Gasteiger partial charge in [-0.1, -0.05) is 31.6 Å². The lowest BCUT2D eigenvalue weighted by atomic mass is 10.1. The molecule has 0 saturated heterocycles. The number of rotatable bonds is 10. The van der Waals surface area contributed by atoms with Crippen molar-refractivity contribution in [2.45, 2.75) is 32.7 Å². The van der Waals surface area contributed by atoms with Crippen LogP contribution in [0.15, 0.2) is 67.1 Å². The first kappa shape index (κ1) is 28.4. The fourth-order valence-electron chi connectivity index (χ4n) is 4.38. The number of hydrogen-bond donors (Lipinski definition) is 2. The molecule has 4 aromatic rings. The largest absolute Gasteiger partial charge is 0.382 e. The number of carbonyl (C=O) groups is 2. The van der Waals surface area contributed by atoms with Gasteiger partial charge in [-0.25, -0.2) is 15.0 Å². The van der Waals surface area contributed by atoms with Crippen LogP contribution >= 0.6 is 0 Å². The van der Waals surface area contributed by atoms with Gasteiger partial charge in [0.1, 0.15) is 28.7 Å². The van der Waals surface area contributed by atoms with Crippen molar-refractivity contribution in [3.63, 3.8) is 0 Å². The third kappa shape index (κ3) is 6.35. The molecule has 0 radical (unpaired) electrons. The Hall–Kier alpha value is -4.57. The van der Waals surface area contributed by atoms with Crippen LogP contribution in [0.2, 0.25) is 0 Å². The number of aryl methyl sites for hydroxylation is 1. The predicted octanol–water partition coefficient (Wildman–Crippen LogP) is 4.22. The van der Waals surface area contributed by atoms with Crippen LogP contribution in [0.3, 0.4) is 0 Å². The molecular weight excluding hydrogens is 504 g/mol. The fraction of sp³-hybridized carbons (Fsp3) is 0.300. The van der Waals surface area contributed by atoms with Gasteiger partial charge >= 0.3 is 0 Å². The lowest BCUT2D eigenvalue weighted by Gasteiger charge is -2.23.